The molecule has 0 aromatic carbocycles. The molecule has 0 amide bonds. The largest absolute Gasteiger partial charge is 0.291 e. The van der Waals surface area contributed by atoms with E-state index in [4.69, 9.17) is 29.6 Å². The van der Waals surface area contributed by atoms with E-state index in [9.17, 15) is 4.79 Å². The Labute approximate surface area is 88.1 Å². The minimum Gasteiger partial charge on any atom is -0.291 e. The van der Waals surface area contributed by atoms with E-state index < -0.39 is 4.33 Å². The van der Waals surface area contributed by atoms with Gasteiger partial charge in [0.1, 0.15) is 0 Å². The Morgan fingerprint density at radius 2 is 2.15 bits per heavy atom. The molecule has 0 aliphatic heterocycles. The number of unbranched alkanes of at least 4 members (excludes halogenated alkanes) is 2. The summed E-state index contributed by atoms with van der Waals surface area (Å²) in [6.07, 6.45) is 10.0. The van der Waals surface area contributed by atoms with Crippen molar-refractivity contribution in [3.8, 4) is 12.3 Å². The molecule has 3 heteroatoms. The molecule has 0 radical (unpaired) electrons. The lowest BCUT2D eigenvalue weighted by Gasteiger charge is -2.28. The number of allylic oxidation sites excluding steroid dienone is 2. The first-order valence-electron chi connectivity index (χ1n) is 4.16. The van der Waals surface area contributed by atoms with Crippen LogP contribution in [0.3, 0.4) is 0 Å². The second-order valence-electron chi connectivity index (χ2n) is 3.02. The third-order valence-electron chi connectivity index (χ3n) is 2.04. The molecule has 1 aliphatic carbocycles. The number of carbonyl (C=O) groups excluding carboxylic acids is 1. The van der Waals surface area contributed by atoms with Gasteiger partial charge >= 0.3 is 0 Å². The molecule has 0 fully saturated rings. The normalized spacial score (nSPS) is 18.8. The number of rotatable bonds is 4. The summed E-state index contributed by atoms with van der Waals surface area (Å²) in [5.74, 6) is 2.35. The number of halogens is 2. The van der Waals surface area contributed by atoms with Gasteiger partial charge in [-0.2, -0.15) is 0 Å². The molecule has 1 aliphatic rings. The number of alkyl halides is 2. The van der Waals surface area contributed by atoms with Gasteiger partial charge in [-0.25, -0.2) is 0 Å². The van der Waals surface area contributed by atoms with Gasteiger partial charge in [-0.05, 0) is 30.9 Å². The Hall–Kier alpha value is -0.450. The van der Waals surface area contributed by atoms with Gasteiger partial charge in [0.05, 0.1) is 0 Å². The first-order chi connectivity index (χ1) is 6.09. The minimum absolute atomic E-state index is 0.206. The zero-order valence-corrected chi connectivity index (χ0v) is 8.66. The SMILES string of the molecule is C#CCCCCC1=CC(=O)C1(Cl)Cl. The van der Waals surface area contributed by atoms with Crippen molar-refractivity contribution in [1.29, 1.82) is 0 Å². The van der Waals surface area contributed by atoms with Crippen molar-refractivity contribution in [2.24, 2.45) is 0 Å². The Morgan fingerprint density at radius 3 is 2.62 bits per heavy atom. The lowest BCUT2D eigenvalue weighted by molar-refractivity contribution is -0.116. The van der Waals surface area contributed by atoms with Crippen molar-refractivity contribution < 1.29 is 4.79 Å². The van der Waals surface area contributed by atoms with E-state index in [0.29, 0.717) is 0 Å². The highest BCUT2D eigenvalue weighted by atomic mass is 35.5. The van der Waals surface area contributed by atoms with E-state index in [1.54, 1.807) is 0 Å². The summed E-state index contributed by atoms with van der Waals surface area (Å²) >= 11 is 11.5. The number of carbonyl (C=O) groups is 1. The summed E-state index contributed by atoms with van der Waals surface area (Å²) < 4.78 is -1.24. The minimum atomic E-state index is -1.24. The topological polar surface area (TPSA) is 17.1 Å². The van der Waals surface area contributed by atoms with Crippen LogP contribution < -0.4 is 0 Å². The highest BCUT2D eigenvalue weighted by Crippen LogP contribution is 2.41. The first kappa shape index (κ1) is 10.6. The van der Waals surface area contributed by atoms with Crippen LogP contribution >= 0.6 is 23.2 Å². The van der Waals surface area contributed by atoms with Crippen LogP contribution in [0.2, 0.25) is 0 Å². The Balaban J connectivity index is 2.29. The van der Waals surface area contributed by atoms with E-state index in [2.05, 4.69) is 5.92 Å². The molecule has 0 N–H and O–H groups in total. The van der Waals surface area contributed by atoms with Crippen LogP contribution in [-0.4, -0.2) is 10.1 Å². The van der Waals surface area contributed by atoms with Gasteiger partial charge in [-0.15, -0.1) is 12.3 Å². The molecule has 0 saturated carbocycles. The second kappa shape index (κ2) is 4.17. The standard InChI is InChI=1S/C10H10Cl2O/c1-2-3-4-5-6-8-7-9(13)10(8,11)12/h1,7H,3-6H2. The van der Waals surface area contributed by atoms with Crippen LogP contribution in [0.15, 0.2) is 11.6 Å². The van der Waals surface area contributed by atoms with Crippen LogP contribution in [0.5, 0.6) is 0 Å². The molecule has 0 aromatic rings. The lowest BCUT2D eigenvalue weighted by atomic mass is 9.91. The molecule has 0 spiro atoms. The fraction of sp³-hybridized carbons (Fsp3) is 0.500. The molecule has 0 bridgehead atoms. The highest BCUT2D eigenvalue weighted by molar-refractivity contribution is 6.64. The van der Waals surface area contributed by atoms with Crippen LogP contribution in [-0.2, 0) is 4.79 Å². The molecule has 0 aromatic heterocycles. The zero-order valence-electron chi connectivity index (χ0n) is 7.15. The van der Waals surface area contributed by atoms with Gasteiger partial charge in [0.25, 0.3) is 0 Å². The van der Waals surface area contributed by atoms with Crippen molar-refractivity contribution >= 4 is 29.0 Å². The maximum absolute atomic E-state index is 10.9. The van der Waals surface area contributed by atoms with Crippen molar-refractivity contribution in [1.82, 2.24) is 0 Å². The van der Waals surface area contributed by atoms with Crippen molar-refractivity contribution in [2.45, 2.75) is 30.0 Å². The van der Waals surface area contributed by atoms with Gasteiger partial charge in [-0.1, -0.05) is 23.2 Å². The third-order valence-corrected chi connectivity index (χ3v) is 2.89. The molecule has 0 saturated heterocycles. The third kappa shape index (κ3) is 2.27. The monoisotopic (exact) mass is 216 g/mol. The van der Waals surface area contributed by atoms with Crippen molar-refractivity contribution in [2.75, 3.05) is 0 Å². The van der Waals surface area contributed by atoms with Crippen LogP contribution in [0.1, 0.15) is 25.7 Å². The number of ketones is 1. The summed E-state index contributed by atoms with van der Waals surface area (Å²) in [5.41, 5.74) is 0.817. The van der Waals surface area contributed by atoms with E-state index in [1.807, 2.05) is 0 Å². The number of hydrogen-bond acceptors (Lipinski definition) is 1. The van der Waals surface area contributed by atoms with E-state index in [1.165, 1.54) is 6.08 Å². The summed E-state index contributed by atoms with van der Waals surface area (Å²) in [7, 11) is 0. The first-order valence-corrected chi connectivity index (χ1v) is 4.91. The maximum atomic E-state index is 10.9. The molecule has 0 unspecified atom stereocenters. The average Bonchev–Trinajstić information content (AvgIpc) is 2.10. The summed E-state index contributed by atoms with van der Waals surface area (Å²) in [4.78, 5) is 10.9. The number of terminal acetylenes is 1. The van der Waals surface area contributed by atoms with Crippen LogP contribution in [0.25, 0.3) is 0 Å². The molecular weight excluding hydrogens is 207 g/mol. The quantitative estimate of drug-likeness (QED) is 0.402. The van der Waals surface area contributed by atoms with Crippen molar-refractivity contribution in [3.63, 3.8) is 0 Å². The van der Waals surface area contributed by atoms with Crippen LogP contribution in [0, 0.1) is 12.3 Å². The lowest BCUT2D eigenvalue weighted by Crippen LogP contribution is -2.36. The maximum Gasteiger partial charge on any atom is 0.201 e. The van der Waals surface area contributed by atoms with Gasteiger partial charge in [0.15, 0.2) is 5.78 Å². The molecule has 1 nitrogen and oxygen atoms in total. The predicted molar refractivity (Wildman–Crippen MR) is 54.8 cm³/mol. The predicted octanol–water partition coefficient (Wildman–Crippen LogP) is 2.86. The number of hydrogen-bond donors (Lipinski definition) is 0. The highest BCUT2D eigenvalue weighted by Gasteiger charge is 2.43. The molecule has 1 rings (SSSR count). The van der Waals surface area contributed by atoms with E-state index >= 15 is 0 Å². The van der Waals surface area contributed by atoms with Gasteiger partial charge in [-0.3, -0.25) is 4.79 Å². The van der Waals surface area contributed by atoms with Gasteiger partial charge in [0.2, 0.25) is 4.33 Å². The smallest absolute Gasteiger partial charge is 0.201 e. The summed E-state index contributed by atoms with van der Waals surface area (Å²) in [6.45, 7) is 0. The molecule has 0 heterocycles. The van der Waals surface area contributed by atoms with E-state index in [-0.39, 0.29) is 5.78 Å². The fourth-order valence-electron chi connectivity index (χ4n) is 1.19. The average molecular weight is 217 g/mol. The molecular formula is C10H10Cl2O. The van der Waals surface area contributed by atoms with Gasteiger partial charge < -0.3 is 0 Å². The molecule has 70 valence electrons. The second-order valence-corrected chi connectivity index (χ2v) is 4.35. The van der Waals surface area contributed by atoms with Gasteiger partial charge in [0, 0.05) is 6.42 Å². The summed E-state index contributed by atoms with van der Waals surface area (Å²) in [6, 6.07) is 0. The van der Waals surface area contributed by atoms with E-state index in [0.717, 1.165) is 31.3 Å². The van der Waals surface area contributed by atoms with Crippen LogP contribution in [0.4, 0.5) is 0 Å². The molecule has 0 atom stereocenters. The molecule has 13 heavy (non-hydrogen) atoms. The van der Waals surface area contributed by atoms with Crippen molar-refractivity contribution in [3.05, 3.63) is 11.6 Å². The Morgan fingerprint density at radius 1 is 1.46 bits per heavy atom. The summed E-state index contributed by atoms with van der Waals surface area (Å²) in [5, 5.41) is 0. The Bertz CT molecular complexity index is 284. The Kier molecular flexibility index (Phi) is 3.41. The fourth-order valence-corrected chi connectivity index (χ4v) is 1.60. The zero-order chi connectivity index (χ0) is 9.90.